The van der Waals surface area contributed by atoms with Crippen LogP contribution in [0.1, 0.15) is 10.6 Å². The summed E-state index contributed by atoms with van der Waals surface area (Å²) in [5.74, 6) is 0.193. The number of amides is 1. The molecular weight excluding hydrogens is 356 g/mol. The molecule has 1 heterocycles. The van der Waals surface area contributed by atoms with E-state index in [4.69, 9.17) is 9.15 Å². The number of ether oxygens (including phenoxy) is 1. The SMILES string of the molecule is COc1ccc(S(=O)(=O)Nc2ccccc2NC(=O)c2ccco2)cc1. The maximum Gasteiger partial charge on any atom is 0.291 e. The van der Waals surface area contributed by atoms with E-state index >= 15 is 0 Å². The quantitative estimate of drug-likeness (QED) is 0.692. The van der Waals surface area contributed by atoms with Crippen molar-refractivity contribution >= 4 is 27.3 Å². The van der Waals surface area contributed by atoms with Gasteiger partial charge in [-0.15, -0.1) is 0 Å². The summed E-state index contributed by atoms with van der Waals surface area (Å²) in [5, 5.41) is 2.63. The van der Waals surface area contributed by atoms with Crippen LogP contribution in [0.15, 0.2) is 76.2 Å². The lowest BCUT2D eigenvalue weighted by Gasteiger charge is -2.13. The fourth-order valence-corrected chi connectivity index (χ4v) is 3.31. The molecule has 0 fully saturated rings. The molecule has 1 aromatic heterocycles. The minimum Gasteiger partial charge on any atom is -0.497 e. The van der Waals surface area contributed by atoms with Crippen molar-refractivity contribution in [3.8, 4) is 5.75 Å². The topological polar surface area (TPSA) is 97.6 Å². The second-order valence-corrected chi connectivity index (χ2v) is 6.94. The van der Waals surface area contributed by atoms with E-state index in [-0.39, 0.29) is 16.3 Å². The first kappa shape index (κ1) is 17.6. The van der Waals surface area contributed by atoms with Crippen molar-refractivity contribution in [1.82, 2.24) is 0 Å². The average Bonchev–Trinajstić information content (AvgIpc) is 3.18. The summed E-state index contributed by atoms with van der Waals surface area (Å²) < 4.78 is 37.7. The maximum absolute atomic E-state index is 12.6. The highest BCUT2D eigenvalue weighted by atomic mass is 32.2. The molecule has 7 nitrogen and oxygen atoms in total. The molecule has 0 aliphatic carbocycles. The summed E-state index contributed by atoms with van der Waals surface area (Å²) in [6, 6.07) is 15.6. The maximum atomic E-state index is 12.6. The lowest BCUT2D eigenvalue weighted by atomic mass is 10.2. The number of benzene rings is 2. The minimum atomic E-state index is -3.83. The third-order valence-electron chi connectivity index (χ3n) is 3.53. The van der Waals surface area contributed by atoms with Crippen LogP contribution in [0.4, 0.5) is 11.4 Å². The Hall–Kier alpha value is -3.26. The van der Waals surface area contributed by atoms with Gasteiger partial charge in [-0.3, -0.25) is 9.52 Å². The van der Waals surface area contributed by atoms with Gasteiger partial charge in [0.2, 0.25) is 0 Å². The van der Waals surface area contributed by atoms with E-state index in [1.54, 1.807) is 42.5 Å². The van der Waals surface area contributed by atoms with Crippen LogP contribution < -0.4 is 14.8 Å². The van der Waals surface area contributed by atoms with E-state index in [0.29, 0.717) is 11.4 Å². The summed E-state index contributed by atoms with van der Waals surface area (Å²) in [4.78, 5) is 12.2. The van der Waals surface area contributed by atoms with Gasteiger partial charge in [0.25, 0.3) is 15.9 Å². The Labute approximate surface area is 150 Å². The van der Waals surface area contributed by atoms with Gasteiger partial charge in [0.15, 0.2) is 5.76 Å². The van der Waals surface area contributed by atoms with Crippen LogP contribution in [0.2, 0.25) is 0 Å². The van der Waals surface area contributed by atoms with E-state index < -0.39 is 15.9 Å². The number of carbonyl (C=O) groups excluding carboxylic acids is 1. The fourth-order valence-electron chi connectivity index (χ4n) is 2.23. The van der Waals surface area contributed by atoms with Gasteiger partial charge in [0.05, 0.1) is 29.6 Å². The standard InChI is InChI=1S/C18H16N2O5S/c1-24-13-8-10-14(11-9-13)26(22,23)20-16-6-3-2-5-15(16)19-18(21)17-7-4-12-25-17/h2-12,20H,1H3,(H,19,21). The molecule has 8 heteroatoms. The van der Waals surface area contributed by atoms with Gasteiger partial charge in [-0.05, 0) is 48.5 Å². The van der Waals surface area contributed by atoms with Crippen molar-refractivity contribution in [3.63, 3.8) is 0 Å². The molecular formula is C18H16N2O5S. The summed E-state index contributed by atoms with van der Waals surface area (Å²) in [5.41, 5.74) is 0.550. The van der Waals surface area contributed by atoms with Gasteiger partial charge in [0.1, 0.15) is 5.75 Å². The second-order valence-electron chi connectivity index (χ2n) is 5.26. The Bertz CT molecular complexity index is 996. The van der Waals surface area contributed by atoms with Gasteiger partial charge in [-0.25, -0.2) is 8.42 Å². The van der Waals surface area contributed by atoms with Crippen LogP contribution >= 0.6 is 0 Å². The van der Waals surface area contributed by atoms with Gasteiger partial charge in [0, 0.05) is 0 Å². The van der Waals surface area contributed by atoms with Crippen molar-refractivity contribution in [2.75, 3.05) is 17.1 Å². The van der Waals surface area contributed by atoms with Crippen LogP contribution in [-0.2, 0) is 10.0 Å². The van der Waals surface area contributed by atoms with Gasteiger partial charge in [-0.1, -0.05) is 12.1 Å². The average molecular weight is 372 g/mol. The highest BCUT2D eigenvalue weighted by Gasteiger charge is 2.17. The van der Waals surface area contributed by atoms with Crippen molar-refractivity contribution < 1.29 is 22.4 Å². The molecule has 0 aliphatic heterocycles. The molecule has 3 aromatic rings. The summed E-state index contributed by atoms with van der Waals surface area (Å²) >= 11 is 0. The zero-order valence-corrected chi connectivity index (χ0v) is 14.6. The Morgan fingerprint density at radius 1 is 0.962 bits per heavy atom. The molecule has 0 bridgehead atoms. The Balaban J connectivity index is 1.84. The smallest absolute Gasteiger partial charge is 0.291 e. The number of furan rings is 1. The Morgan fingerprint density at radius 3 is 2.27 bits per heavy atom. The highest BCUT2D eigenvalue weighted by Crippen LogP contribution is 2.25. The summed E-state index contributed by atoms with van der Waals surface area (Å²) in [6.45, 7) is 0. The third-order valence-corrected chi connectivity index (χ3v) is 4.92. The zero-order chi connectivity index (χ0) is 18.6. The van der Waals surface area contributed by atoms with E-state index in [0.717, 1.165) is 0 Å². The van der Waals surface area contributed by atoms with Gasteiger partial charge in [-0.2, -0.15) is 0 Å². The number of methoxy groups -OCH3 is 1. The molecule has 26 heavy (non-hydrogen) atoms. The number of hydrogen-bond acceptors (Lipinski definition) is 5. The molecule has 0 spiro atoms. The molecule has 3 rings (SSSR count). The first-order valence-corrected chi connectivity index (χ1v) is 9.09. The van der Waals surface area contributed by atoms with Crippen molar-refractivity contribution in [1.29, 1.82) is 0 Å². The van der Waals surface area contributed by atoms with E-state index in [9.17, 15) is 13.2 Å². The fraction of sp³-hybridized carbons (Fsp3) is 0.0556. The Morgan fingerprint density at radius 2 is 1.65 bits per heavy atom. The second kappa shape index (κ2) is 7.32. The molecule has 0 aliphatic rings. The largest absolute Gasteiger partial charge is 0.497 e. The molecule has 0 atom stereocenters. The lowest BCUT2D eigenvalue weighted by molar-refractivity contribution is 0.0996. The summed E-state index contributed by atoms with van der Waals surface area (Å²) in [6.07, 6.45) is 1.38. The van der Waals surface area contributed by atoms with Crippen LogP contribution in [0, 0.1) is 0 Å². The molecule has 0 saturated carbocycles. The van der Waals surface area contributed by atoms with Crippen molar-refractivity contribution in [2.45, 2.75) is 4.90 Å². The number of carbonyl (C=O) groups is 1. The molecule has 1 amide bonds. The minimum absolute atomic E-state index is 0.0745. The number of sulfonamides is 1. The van der Waals surface area contributed by atoms with Crippen LogP contribution in [0.5, 0.6) is 5.75 Å². The lowest BCUT2D eigenvalue weighted by Crippen LogP contribution is -2.17. The van der Waals surface area contributed by atoms with Crippen LogP contribution in [0.3, 0.4) is 0 Å². The van der Waals surface area contributed by atoms with E-state index in [1.807, 2.05) is 0 Å². The number of nitrogens with one attached hydrogen (secondary N) is 2. The third kappa shape index (κ3) is 3.86. The number of rotatable bonds is 6. The van der Waals surface area contributed by atoms with Gasteiger partial charge < -0.3 is 14.5 Å². The number of hydrogen-bond donors (Lipinski definition) is 2. The monoisotopic (exact) mass is 372 g/mol. The highest BCUT2D eigenvalue weighted by molar-refractivity contribution is 7.92. The predicted molar refractivity (Wildman–Crippen MR) is 96.9 cm³/mol. The molecule has 2 aromatic carbocycles. The van der Waals surface area contributed by atoms with Crippen molar-refractivity contribution in [3.05, 3.63) is 72.7 Å². The van der Waals surface area contributed by atoms with E-state index in [1.165, 1.54) is 31.6 Å². The van der Waals surface area contributed by atoms with E-state index in [2.05, 4.69) is 10.0 Å². The molecule has 2 N–H and O–H groups in total. The molecule has 0 unspecified atom stereocenters. The van der Waals surface area contributed by atoms with Crippen LogP contribution in [-0.4, -0.2) is 21.4 Å². The van der Waals surface area contributed by atoms with Gasteiger partial charge >= 0.3 is 0 Å². The zero-order valence-electron chi connectivity index (χ0n) is 13.8. The molecule has 134 valence electrons. The normalized spacial score (nSPS) is 11.0. The van der Waals surface area contributed by atoms with Crippen molar-refractivity contribution in [2.24, 2.45) is 0 Å². The summed E-state index contributed by atoms with van der Waals surface area (Å²) in [7, 11) is -2.33. The first-order valence-electron chi connectivity index (χ1n) is 7.60. The first-order chi connectivity index (χ1) is 12.5. The Kier molecular flexibility index (Phi) is 4.94. The molecule has 0 radical (unpaired) electrons. The number of para-hydroxylation sites is 2. The predicted octanol–water partition coefficient (Wildman–Crippen LogP) is 3.34. The number of anilines is 2. The molecule has 0 saturated heterocycles. The van der Waals surface area contributed by atoms with Crippen LogP contribution in [0.25, 0.3) is 0 Å².